The van der Waals surface area contributed by atoms with Gasteiger partial charge in [0.2, 0.25) is 0 Å². The van der Waals surface area contributed by atoms with E-state index in [9.17, 15) is 4.39 Å². The number of thioether (sulfide) groups is 1. The smallest absolute Gasteiger partial charge is 0.191 e. The molecule has 1 aromatic carbocycles. The van der Waals surface area contributed by atoms with E-state index in [1.807, 2.05) is 25.3 Å². The lowest BCUT2D eigenvalue weighted by molar-refractivity contribution is 0.617. The summed E-state index contributed by atoms with van der Waals surface area (Å²) < 4.78 is 13.5. The van der Waals surface area contributed by atoms with Crippen LogP contribution in [-0.2, 0) is 12.2 Å². The summed E-state index contributed by atoms with van der Waals surface area (Å²) in [6, 6.07) is 6.92. The van der Waals surface area contributed by atoms with Crippen LogP contribution in [0.25, 0.3) is 0 Å². The van der Waals surface area contributed by atoms with Crippen LogP contribution in [0, 0.1) is 12.7 Å². The minimum Gasteiger partial charge on any atom is -0.357 e. The highest BCUT2D eigenvalue weighted by Gasteiger charge is 2.02. The molecule has 0 aliphatic heterocycles. The van der Waals surface area contributed by atoms with E-state index in [0.29, 0.717) is 12.3 Å². The van der Waals surface area contributed by atoms with E-state index < -0.39 is 0 Å². The zero-order chi connectivity index (χ0) is 17.9. The molecule has 0 saturated carbocycles. The monoisotopic (exact) mass is 380 g/mol. The number of halogens is 1. The first-order chi connectivity index (χ1) is 12.2. The second-order valence-electron chi connectivity index (χ2n) is 5.45. The second kappa shape index (κ2) is 11.1. The number of benzene rings is 1. The maximum atomic E-state index is 13.5. The number of nitrogens with zero attached hydrogens (tertiary/aromatic N) is 2. The van der Waals surface area contributed by atoms with Crippen molar-refractivity contribution in [3.05, 3.63) is 51.7 Å². The highest BCUT2D eigenvalue weighted by atomic mass is 32.2. The Kier molecular flexibility index (Phi) is 8.76. The van der Waals surface area contributed by atoms with Gasteiger partial charge < -0.3 is 10.6 Å². The molecule has 25 heavy (non-hydrogen) atoms. The van der Waals surface area contributed by atoms with Gasteiger partial charge in [-0.1, -0.05) is 18.2 Å². The largest absolute Gasteiger partial charge is 0.357 e. The van der Waals surface area contributed by atoms with E-state index in [1.54, 1.807) is 29.2 Å². The fourth-order valence-electron chi connectivity index (χ4n) is 2.17. The number of hydrogen-bond donors (Lipinski definition) is 2. The lowest BCUT2D eigenvalue weighted by Crippen LogP contribution is -2.38. The summed E-state index contributed by atoms with van der Waals surface area (Å²) in [5, 5.41) is 7.72. The van der Waals surface area contributed by atoms with Crippen LogP contribution < -0.4 is 10.6 Å². The SMILES string of the molecule is CCNC(=NCCSCc1ccccc1F)NCCc1ncc(C)s1. The number of aliphatic imine (C=N–C) groups is 1. The number of thiazole rings is 1. The molecule has 7 heteroatoms. The molecule has 2 aromatic rings. The Morgan fingerprint density at radius 1 is 1.32 bits per heavy atom. The van der Waals surface area contributed by atoms with E-state index in [2.05, 4.69) is 27.5 Å². The molecule has 0 aliphatic rings. The first-order valence-electron chi connectivity index (χ1n) is 8.43. The molecule has 0 atom stereocenters. The Hall–Kier alpha value is -1.60. The van der Waals surface area contributed by atoms with Gasteiger partial charge in [0.05, 0.1) is 11.6 Å². The summed E-state index contributed by atoms with van der Waals surface area (Å²) in [7, 11) is 0. The van der Waals surface area contributed by atoms with E-state index in [1.165, 1.54) is 10.9 Å². The molecule has 1 heterocycles. The van der Waals surface area contributed by atoms with Crippen molar-refractivity contribution >= 4 is 29.1 Å². The molecule has 0 radical (unpaired) electrons. The number of rotatable bonds is 9. The van der Waals surface area contributed by atoms with E-state index in [0.717, 1.165) is 41.8 Å². The van der Waals surface area contributed by atoms with Crippen molar-refractivity contribution in [1.82, 2.24) is 15.6 Å². The van der Waals surface area contributed by atoms with Crippen LogP contribution in [0.15, 0.2) is 35.5 Å². The number of aromatic nitrogens is 1. The standard InChI is InChI=1S/C18H25FN4S2/c1-3-20-18(21-9-8-17-23-12-14(2)25-17)22-10-11-24-13-15-6-4-5-7-16(15)19/h4-7,12H,3,8-11,13H2,1-2H3,(H2,20,21,22). The van der Waals surface area contributed by atoms with Gasteiger partial charge >= 0.3 is 0 Å². The van der Waals surface area contributed by atoms with Crippen LogP contribution in [0.5, 0.6) is 0 Å². The van der Waals surface area contributed by atoms with Crippen LogP contribution in [0.1, 0.15) is 22.4 Å². The summed E-state index contributed by atoms with van der Waals surface area (Å²) in [4.78, 5) is 10.2. The Labute approximate surface area is 157 Å². The van der Waals surface area contributed by atoms with Crippen LogP contribution in [-0.4, -0.2) is 36.3 Å². The average Bonchev–Trinajstić information content (AvgIpc) is 3.01. The number of guanidine groups is 1. The van der Waals surface area contributed by atoms with Crippen molar-refractivity contribution in [1.29, 1.82) is 0 Å². The number of aryl methyl sites for hydroxylation is 1. The maximum Gasteiger partial charge on any atom is 0.191 e. The molecule has 0 bridgehead atoms. The molecule has 0 saturated heterocycles. The molecule has 136 valence electrons. The first-order valence-corrected chi connectivity index (χ1v) is 10.4. The third kappa shape index (κ3) is 7.44. The third-order valence-electron chi connectivity index (χ3n) is 3.37. The molecular formula is C18H25FN4S2. The Morgan fingerprint density at radius 3 is 2.88 bits per heavy atom. The van der Waals surface area contributed by atoms with Crippen molar-refractivity contribution in [3.8, 4) is 0 Å². The van der Waals surface area contributed by atoms with Gasteiger partial charge in [0, 0.05) is 42.1 Å². The van der Waals surface area contributed by atoms with Crippen molar-refractivity contribution in [2.75, 3.05) is 25.4 Å². The Morgan fingerprint density at radius 2 is 2.16 bits per heavy atom. The minimum absolute atomic E-state index is 0.133. The Bertz CT molecular complexity index is 673. The van der Waals surface area contributed by atoms with Crippen molar-refractivity contribution in [2.24, 2.45) is 4.99 Å². The predicted octanol–water partition coefficient (Wildman–Crippen LogP) is 3.62. The topological polar surface area (TPSA) is 49.3 Å². The van der Waals surface area contributed by atoms with Gasteiger partial charge in [-0.15, -0.1) is 11.3 Å². The highest BCUT2D eigenvalue weighted by Crippen LogP contribution is 2.15. The fourth-order valence-corrected chi connectivity index (χ4v) is 3.77. The van der Waals surface area contributed by atoms with Gasteiger partial charge in [-0.25, -0.2) is 9.37 Å². The van der Waals surface area contributed by atoms with Crippen LogP contribution >= 0.6 is 23.1 Å². The summed E-state index contributed by atoms with van der Waals surface area (Å²) in [5.41, 5.74) is 0.750. The first kappa shape index (κ1) is 19.7. The highest BCUT2D eigenvalue weighted by molar-refractivity contribution is 7.98. The van der Waals surface area contributed by atoms with E-state index >= 15 is 0 Å². The molecule has 4 nitrogen and oxygen atoms in total. The molecule has 0 aliphatic carbocycles. The number of hydrogen-bond acceptors (Lipinski definition) is 4. The quantitative estimate of drug-likeness (QED) is 0.396. The lowest BCUT2D eigenvalue weighted by atomic mass is 10.2. The molecule has 0 spiro atoms. The van der Waals surface area contributed by atoms with Crippen molar-refractivity contribution in [2.45, 2.75) is 26.0 Å². The molecule has 1 aromatic heterocycles. The Balaban J connectivity index is 1.68. The lowest BCUT2D eigenvalue weighted by Gasteiger charge is -2.10. The minimum atomic E-state index is -0.133. The number of nitrogens with one attached hydrogen (secondary N) is 2. The second-order valence-corrected chi connectivity index (χ2v) is 7.87. The predicted molar refractivity (Wildman–Crippen MR) is 107 cm³/mol. The molecule has 2 N–H and O–H groups in total. The normalized spacial score (nSPS) is 11.6. The average molecular weight is 381 g/mol. The summed E-state index contributed by atoms with van der Waals surface area (Å²) in [5.74, 6) is 2.22. The molecule has 0 amide bonds. The zero-order valence-electron chi connectivity index (χ0n) is 14.7. The van der Waals surface area contributed by atoms with Crippen molar-refractivity contribution < 1.29 is 4.39 Å². The van der Waals surface area contributed by atoms with Crippen LogP contribution in [0.2, 0.25) is 0 Å². The van der Waals surface area contributed by atoms with E-state index in [-0.39, 0.29) is 5.82 Å². The van der Waals surface area contributed by atoms with Gasteiger partial charge in [0.1, 0.15) is 5.82 Å². The van der Waals surface area contributed by atoms with Gasteiger partial charge in [0.15, 0.2) is 5.96 Å². The summed E-state index contributed by atoms with van der Waals surface area (Å²) in [6.07, 6.45) is 2.80. The van der Waals surface area contributed by atoms with Gasteiger partial charge in [0.25, 0.3) is 0 Å². The maximum absolute atomic E-state index is 13.5. The summed E-state index contributed by atoms with van der Waals surface area (Å²) >= 11 is 3.42. The third-order valence-corrected chi connectivity index (χ3v) is 5.32. The molecule has 0 unspecified atom stereocenters. The molecular weight excluding hydrogens is 355 g/mol. The van der Waals surface area contributed by atoms with Crippen LogP contribution in [0.3, 0.4) is 0 Å². The van der Waals surface area contributed by atoms with Gasteiger partial charge in [-0.05, 0) is 25.5 Å². The molecule has 0 fully saturated rings. The van der Waals surface area contributed by atoms with Gasteiger partial charge in [-0.3, -0.25) is 4.99 Å². The van der Waals surface area contributed by atoms with Crippen molar-refractivity contribution in [3.63, 3.8) is 0 Å². The molecule has 2 rings (SSSR count). The zero-order valence-corrected chi connectivity index (χ0v) is 16.4. The van der Waals surface area contributed by atoms with Crippen LogP contribution in [0.4, 0.5) is 4.39 Å². The fraction of sp³-hybridized carbons (Fsp3) is 0.444. The van der Waals surface area contributed by atoms with Gasteiger partial charge in [-0.2, -0.15) is 11.8 Å². The van der Waals surface area contributed by atoms with E-state index in [4.69, 9.17) is 0 Å². The summed E-state index contributed by atoms with van der Waals surface area (Å²) in [6.45, 7) is 6.45.